The average molecular weight is 342 g/mol. The molecule has 25 heavy (non-hydrogen) atoms. The third kappa shape index (κ3) is 2.45. The maximum Gasteiger partial charge on any atom is 0.332 e. The van der Waals surface area contributed by atoms with Crippen LogP contribution in [0.1, 0.15) is 26.8 Å². The van der Waals surface area contributed by atoms with Gasteiger partial charge in [0.1, 0.15) is 0 Å². The summed E-state index contributed by atoms with van der Waals surface area (Å²) in [4.78, 5) is 30.1. The van der Waals surface area contributed by atoms with Gasteiger partial charge >= 0.3 is 5.69 Å². The van der Waals surface area contributed by atoms with Gasteiger partial charge in [0.05, 0.1) is 18.3 Å². The minimum absolute atomic E-state index is 0.124. The monoisotopic (exact) mass is 342 g/mol. The number of hydrogen-bond acceptors (Lipinski definition) is 5. The van der Waals surface area contributed by atoms with Crippen LogP contribution in [0.15, 0.2) is 39.5 Å². The smallest absolute Gasteiger partial charge is 0.294 e. The van der Waals surface area contributed by atoms with E-state index in [1.807, 2.05) is 31.4 Å². The Morgan fingerprint density at radius 2 is 2.00 bits per heavy atom. The fraction of sp³-hybridized carbons (Fsp3) is 0.412. The molecule has 0 radical (unpaired) electrons. The highest BCUT2D eigenvalue weighted by Crippen LogP contribution is 2.29. The average Bonchev–Trinajstić information content (AvgIpc) is 2.99. The highest BCUT2D eigenvalue weighted by molar-refractivity contribution is 5.91. The van der Waals surface area contributed by atoms with Gasteiger partial charge in [0.25, 0.3) is 5.56 Å². The van der Waals surface area contributed by atoms with Crippen molar-refractivity contribution in [3.63, 3.8) is 0 Å². The maximum absolute atomic E-state index is 13.0. The molecular weight excluding hydrogens is 320 g/mol. The quantitative estimate of drug-likeness (QED) is 0.787. The fourth-order valence-electron chi connectivity index (χ4n) is 3.00. The Morgan fingerprint density at radius 3 is 2.64 bits per heavy atom. The summed E-state index contributed by atoms with van der Waals surface area (Å²) in [6, 6.07) is -0.124. The normalized spacial score (nSPS) is 17.2. The number of nitrogens with zero attached hydrogens (tertiary/aromatic N) is 6. The molecule has 0 N–H and O–H groups in total. The van der Waals surface area contributed by atoms with Gasteiger partial charge in [-0.3, -0.25) is 18.5 Å². The predicted molar refractivity (Wildman–Crippen MR) is 99.4 cm³/mol. The summed E-state index contributed by atoms with van der Waals surface area (Å²) in [7, 11) is 1.63. The van der Waals surface area contributed by atoms with Gasteiger partial charge in [-0.05, 0) is 20.8 Å². The predicted octanol–water partition coefficient (Wildman–Crippen LogP) is 1.42. The van der Waals surface area contributed by atoms with Crippen molar-refractivity contribution < 1.29 is 0 Å². The van der Waals surface area contributed by atoms with Crippen molar-refractivity contribution in [3.05, 3.63) is 45.6 Å². The molecular formula is C17H22N6O2. The molecule has 3 heterocycles. The van der Waals surface area contributed by atoms with Gasteiger partial charge in [0, 0.05) is 13.6 Å². The van der Waals surface area contributed by atoms with Crippen LogP contribution in [0.4, 0.5) is 5.95 Å². The standard InChI is InChI=1S/C17H22N6O2/c1-6-8-10-21-15(24)13-14(20(5)17(21)25)18-16-22(9-7-2)19-11(3)12(4)23(13)16/h6-8,12H,2,9-10H2,1,3-5H3/b8-6+. The van der Waals surface area contributed by atoms with Crippen molar-refractivity contribution in [2.45, 2.75) is 33.4 Å². The minimum Gasteiger partial charge on any atom is -0.294 e. The first kappa shape index (κ1) is 16.9. The van der Waals surface area contributed by atoms with Crippen molar-refractivity contribution in [1.29, 1.82) is 0 Å². The minimum atomic E-state index is -0.383. The van der Waals surface area contributed by atoms with Crippen LogP contribution in [-0.2, 0) is 13.6 Å². The lowest BCUT2D eigenvalue weighted by molar-refractivity contribution is 0.638. The van der Waals surface area contributed by atoms with Crippen LogP contribution in [0.25, 0.3) is 11.2 Å². The van der Waals surface area contributed by atoms with E-state index in [1.54, 1.807) is 24.2 Å². The molecule has 0 amide bonds. The van der Waals surface area contributed by atoms with Gasteiger partial charge in [-0.1, -0.05) is 18.2 Å². The molecule has 0 spiro atoms. The Morgan fingerprint density at radius 1 is 1.28 bits per heavy atom. The van der Waals surface area contributed by atoms with Crippen LogP contribution >= 0.6 is 0 Å². The van der Waals surface area contributed by atoms with E-state index in [-0.39, 0.29) is 23.8 Å². The molecule has 2 aromatic rings. The summed E-state index contributed by atoms with van der Waals surface area (Å²) >= 11 is 0. The van der Waals surface area contributed by atoms with Crippen LogP contribution in [0.3, 0.4) is 0 Å². The van der Waals surface area contributed by atoms with E-state index in [4.69, 9.17) is 0 Å². The molecule has 0 fully saturated rings. The number of allylic oxidation sites excluding steroid dienone is 2. The van der Waals surface area contributed by atoms with E-state index in [1.165, 1.54) is 9.13 Å². The number of hydrazone groups is 1. The van der Waals surface area contributed by atoms with E-state index < -0.39 is 0 Å². The molecule has 2 aromatic heterocycles. The number of fused-ring (bicyclic) bond motifs is 3. The first-order valence-corrected chi connectivity index (χ1v) is 8.18. The lowest BCUT2D eigenvalue weighted by Crippen LogP contribution is -2.40. The highest BCUT2D eigenvalue weighted by atomic mass is 16.2. The summed E-state index contributed by atoms with van der Waals surface area (Å²) in [6.07, 6.45) is 5.31. The lowest BCUT2D eigenvalue weighted by Gasteiger charge is -2.28. The Bertz CT molecular complexity index is 1020. The van der Waals surface area contributed by atoms with Crippen molar-refractivity contribution in [2.75, 3.05) is 11.6 Å². The highest BCUT2D eigenvalue weighted by Gasteiger charge is 2.29. The summed E-state index contributed by atoms with van der Waals surface area (Å²) < 4.78 is 4.50. The third-order valence-corrected chi connectivity index (χ3v) is 4.48. The van der Waals surface area contributed by atoms with Gasteiger partial charge in [-0.2, -0.15) is 10.1 Å². The molecule has 0 aromatic carbocycles. The number of aryl methyl sites for hydroxylation is 1. The molecule has 0 saturated heterocycles. The number of rotatable bonds is 4. The number of anilines is 1. The molecule has 8 heteroatoms. The Labute approximate surface area is 145 Å². The lowest BCUT2D eigenvalue weighted by atomic mass is 10.2. The second-order valence-electron chi connectivity index (χ2n) is 6.07. The first-order chi connectivity index (χ1) is 11.9. The largest absolute Gasteiger partial charge is 0.332 e. The SMILES string of the molecule is C=CCN1N=C(C)C(C)n2c1nc1c2c(=O)n(C/C=C/C)c(=O)n1C. The number of imidazole rings is 1. The van der Waals surface area contributed by atoms with Gasteiger partial charge in [0.15, 0.2) is 11.2 Å². The van der Waals surface area contributed by atoms with Crippen LogP contribution in [0.2, 0.25) is 0 Å². The van der Waals surface area contributed by atoms with Gasteiger partial charge in [-0.15, -0.1) is 6.58 Å². The van der Waals surface area contributed by atoms with Crippen LogP contribution in [0, 0.1) is 0 Å². The van der Waals surface area contributed by atoms with Gasteiger partial charge in [0.2, 0.25) is 5.95 Å². The third-order valence-electron chi connectivity index (χ3n) is 4.48. The van der Waals surface area contributed by atoms with Crippen molar-refractivity contribution in [2.24, 2.45) is 12.1 Å². The van der Waals surface area contributed by atoms with Crippen LogP contribution in [-0.4, -0.2) is 30.9 Å². The number of hydrogen-bond donors (Lipinski definition) is 0. The zero-order valence-corrected chi connectivity index (χ0v) is 14.9. The summed E-state index contributed by atoms with van der Waals surface area (Å²) in [6.45, 7) is 10.2. The molecule has 0 bridgehead atoms. The summed E-state index contributed by atoms with van der Waals surface area (Å²) in [5.74, 6) is 0.545. The molecule has 132 valence electrons. The zero-order chi connectivity index (χ0) is 18.3. The molecule has 3 rings (SSSR count). The van der Waals surface area contributed by atoms with Gasteiger partial charge < -0.3 is 0 Å². The fourth-order valence-corrected chi connectivity index (χ4v) is 3.00. The molecule has 1 aliphatic rings. The van der Waals surface area contributed by atoms with Crippen molar-refractivity contribution in [1.82, 2.24) is 18.7 Å². The number of aromatic nitrogens is 4. The second kappa shape index (κ2) is 6.19. The Balaban J connectivity index is 2.40. The topological polar surface area (TPSA) is 77.4 Å². The molecule has 1 atom stereocenters. The summed E-state index contributed by atoms with van der Waals surface area (Å²) in [5.41, 5.74) is 0.925. The van der Waals surface area contributed by atoms with E-state index in [2.05, 4.69) is 16.7 Å². The Kier molecular flexibility index (Phi) is 4.20. The van der Waals surface area contributed by atoms with Gasteiger partial charge in [-0.25, -0.2) is 9.80 Å². The van der Waals surface area contributed by atoms with E-state index in [0.29, 0.717) is 23.7 Å². The molecule has 8 nitrogen and oxygen atoms in total. The second-order valence-corrected chi connectivity index (χ2v) is 6.07. The Hall–Kier alpha value is -2.90. The molecule has 0 saturated carbocycles. The van der Waals surface area contributed by atoms with Crippen LogP contribution < -0.4 is 16.3 Å². The zero-order valence-electron chi connectivity index (χ0n) is 14.9. The van der Waals surface area contributed by atoms with Crippen molar-refractivity contribution >= 4 is 22.8 Å². The van der Waals surface area contributed by atoms with Crippen molar-refractivity contribution in [3.8, 4) is 0 Å². The molecule has 1 aliphatic heterocycles. The summed E-state index contributed by atoms with van der Waals surface area (Å²) in [5, 5.41) is 6.23. The van der Waals surface area contributed by atoms with E-state index >= 15 is 0 Å². The van der Waals surface area contributed by atoms with Crippen LogP contribution in [0.5, 0.6) is 0 Å². The molecule has 0 aliphatic carbocycles. The first-order valence-electron chi connectivity index (χ1n) is 8.18. The molecule has 1 unspecified atom stereocenters. The maximum atomic E-state index is 13.0. The van der Waals surface area contributed by atoms with E-state index in [9.17, 15) is 9.59 Å². The van der Waals surface area contributed by atoms with E-state index in [0.717, 1.165) is 5.71 Å².